The van der Waals surface area contributed by atoms with Crippen LogP contribution in [-0.4, -0.2) is 82.9 Å². The molecule has 0 bridgehead atoms. The smallest absolute Gasteiger partial charge is 0.337 e. The van der Waals surface area contributed by atoms with Crippen molar-refractivity contribution in [3.8, 4) is 0 Å². The van der Waals surface area contributed by atoms with Gasteiger partial charge in [0.25, 0.3) is 0 Å². The van der Waals surface area contributed by atoms with E-state index in [2.05, 4.69) is 0 Å². The Morgan fingerprint density at radius 1 is 1.22 bits per heavy atom. The molecule has 0 aromatic carbocycles. The van der Waals surface area contributed by atoms with Gasteiger partial charge in [0.15, 0.2) is 6.29 Å². The van der Waals surface area contributed by atoms with E-state index in [9.17, 15) is 30.0 Å². The topological polar surface area (TPSA) is 152 Å². The normalized spacial score (nSPS) is 44.3. The molecule has 0 aromatic heterocycles. The van der Waals surface area contributed by atoms with Crippen LogP contribution < -0.4 is 0 Å². The van der Waals surface area contributed by atoms with Crippen molar-refractivity contribution in [3.05, 3.63) is 11.8 Å². The van der Waals surface area contributed by atoms with Gasteiger partial charge in [0.1, 0.15) is 30.2 Å². The number of ketones is 1. The summed E-state index contributed by atoms with van der Waals surface area (Å²) in [4.78, 5) is 24.4. The SMILES string of the molecule is COC(=O)C1=CO[C@@H](O[C@@H]2O[C@H](CO)[C@@H](O)[C@@H](O)[C@H]2O)[C@@H]2[C@H]1C(=O)C[C@@H]2C. The summed E-state index contributed by atoms with van der Waals surface area (Å²) in [7, 11) is 1.21. The summed E-state index contributed by atoms with van der Waals surface area (Å²) >= 11 is 0. The number of carbonyl (C=O) groups excluding carboxylic acids is 2. The first-order valence-corrected chi connectivity index (χ1v) is 8.72. The fourth-order valence-electron chi connectivity index (χ4n) is 3.96. The number of aliphatic hydroxyl groups is 4. The number of aliphatic hydroxyl groups excluding tert-OH is 4. The molecule has 0 aromatic rings. The third kappa shape index (κ3) is 3.48. The van der Waals surface area contributed by atoms with Gasteiger partial charge < -0.3 is 39.4 Å². The van der Waals surface area contributed by atoms with Crippen molar-refractivity contribution in [1.82, 2.24) is 0 Å². The minimum absolute atomic E-state index is 0.102. The Kier molecular flexibility index (Phi) is 5.84. The van der Waals surface area contributed by atoms with Crippen molar-refractivity contribution in [2.75, 3.05) is 13.7 Å². The molecule has 1 saturated heterocycles. The molecule has 27 heavy (non-hydrogen) atoms. The summed E-state index contributed by atoms with van der Waals surface area (Å²) in [6.45, 7) is 1.22. The summed E-state index contributed by atoms with van der Waals surface area (Å²) in [6.07, 6.45) is -6.93. The summed E-state index contributed by atoms with van der Waals surface area (Å²) in [6, 6.07) is 0. The molecule has 10 heteroatoms. The Labute approximate surface area is 155 Å². The van der Waals surface area contributed by atoms with Crippen LogP contribution in [0, 0.1) is 17.8 Å². The molecular formula is C17H24O10. The second-order valence-electron chi connectivity index (χ2n) is 7.11. The molecular weight excluding hydrogens is 364 g/mol. The van der Waals surface area contributed by atoms with E-state index in [0.29, 0.717) is 0 Å². The van der Waals surface area contributed by atoms with Crippen LogP contribution in [0.5, 0.6) is 0 Å². The van der Waals surface area contributed by atoms with Crippen molar-refractivity contribution in [1.29, 1.82) is 0 Å². The molecule has 0 radical (unpaired) electrons. The lowest BCUT2D eigenvalue weighted by Crippen LogP contribution is -2.60. The van der Waals surface area contributed by atoms with Gasteiger partial charge in [-0.25, -0.2) is 4.79 Å². The number of esters is 1. The van der Waals surface area contributed by atoms with Gasteiger partial charge in [-0.15, -0.1) is 0 Å². The van der Waals surface area contributed by atoms with Crippen LogP contribution in [0.3, 0.4) is 0 Å². The molecule has 10 nitrogen and oxygen atoms in total. The standard InChI is InChI=1S/C17H24O10/c1-6-3-8(19)11-7(15(23)24-2)5-25-16(10(6)11)27-17-14(22)13(21)12(20)9(4-18)26-17/h5-6,9-14,16-18,20-22H,3-4H2,1-2H3/t6-,9+,10-,11+,12+,13+,14+,16-,17-/m0/s1. The molecule has 0 unspecified atom stereocenters. The van der Waals surface area contributed by atoms with Crippen LogP contribution in [0.2, 0.25) is 0 Å². The average Bonchev–Trinajstić information content (AvgIpc) is 2.96. The van der Waals surface area contributed by atoms with Gasteiger partial charge in [0, 0.05) is 12.3 Å². The first kappa shape index (κ1) is 20.2. The van der Waals surface area contributed by atoms with E-state index in [1.54, 1.807) is 0 Å². The van der Waals surface area contributed by atoms with E-state index in [-0.39, 0.29) is 23.7 Å². The van der Waals surface area contributed by atoms with Crippen LogP contribution in [0.15, 0.2) is 11.8 Å². The van der Waals surface area contributed by atoms with Crippen molar-refractivity contribution >= 4 is 11.8 Å². The highest BCUT2D eigenvalue weighted by molar-refractivity contribution is 5.99. The first-order chi connectivity index (χ1) is 12.8. The monoisotopic (exact) mass is 388 g/mol. The molecule has 3 rings (SSSR count). The predicted molar refractivity (Wildman–Crippen MR) is 85.6 cm³/mol. The number of methoxy groups -OCH3 is 1. The van der Waals surface area contributed by atoms with Gasteiger partial charge in [-0.1, -0.05) is 6.92 Å². The number of rotatable bonds is 4. The molecule has 4 N–H and O–H groups in total. The molecule has 2 heterocycles. The lowest BCUT2D eigenvalue weighted by atomic mass is 9.83. The number of carbonyl (C=O) groups is 2. The Balaban J connectivity index is 1.82. The minimum Gasteiger partial charge on any atom is -0.472 e. The highest BCUT2D eigenvalue weighted by Crippen LogP contribution is 2.45. The number of ether oxygens (including phenoxy) is 4. The highest BCUT2D eigenvalue weighted by atomic mass is 16.8. The lowest BCUT2D eigenvalue weighted by Gasteiger charge is -2.42. The fourth-order valence-corrected chi connectivity index (χ4v) is 3.96. The van der Waals surface area contributed by atoms with E-state index in [4.69, 9.17) is 18.9 Å². The largest absolute Gasteiger partial charge is 0.472 e. The third-order valence-electron chi connectivity index (χ3n) is 5.43. The first-order valence-electron chi connectivity index (χ1n) is 8.72. The van der Waals surface area contributed by atoms with Crippen molar-refractivity contribution < 1.29 is 49.0 Å². The average molecular weight is 388 g/mol. The maximum Gasteiger partial charge on any atom is 0.337 e. The Morgan fingerprint density at radius 2 is 1.93 bits per heavy atom. The van der Waals surface area contributed by atoms with E-state index in [0.717, 1.165) is 6.26 Å². The highest BCUT2D eigenvalue weighted by Gasteiger charge is 2.54. The number of hydrogen-bond donors (Lipinski definition) is 4. The molecule has 1 aliphatic carbocycles. The zero-order valence-electron chi connectivity index (χ0n) is 14.9. The molecule has 1 saturated carbocycles. The number of hydrogen-bond acceptors (Lipinski definition) is 10. The lowest BCUT2D eigenvalue weighted by molar-refractivity contribution is -0.342. The summed E-state index contributed by atoms with van der Waals surface area (Å²) in [5.74, 6) is -2.28. The van der Waals surface area contributed by atoms with E-state index in [1.807, 2.05) is 6.92 Å². The van der Waals surface area contributed by atoms with Crippen LogP contribution in [-0.2, 0) is 28.5 Å². The number of fused-ring (bicyclic) bond motifs is 1. The molecule has 9 atom stereocenters. The van der Waals surface area contributed by atoms with Crippen LogP contribution in [0.25, 0.3) is 0 Å². The molecule has 3 aliphatic rings. The van der Waals surface area contributed by atoms with E-state index in [1.165, 1.54) is 7.11 Å². The second-order valence-corrected chi connectivity index (χ2v) is 7.11. The van der Waals surface area contributed by atoms with Crippen LogP contribution in [0.4, 0.5) is 0 Å². The van der Waals surface area contributed by atoms with Gasteiger partial charge >= 0.3 is 5.97 Å². The predicted octanol–water partition coefficient (Wildman–Crippen LogP) is -1.94. The quantitative estimate of drug-likeness (QED) is 0.400. The maximum atomic E-state index is 12.4. The van der Waals surface area contributed by atoms with Crippen molar-refractivity contribution in [2.24, 2.45) is 17.8 Å². The zero-order valence-corrected chi connectivity index (χ0v) is 14.9. The van der Waals surface area contributed by atoms with Crippen LogP contribution in [0.1, 0.15) is 13.3 Å². The molecule has 0 amide bonds. The van der Waals surface area contributed by atoms with Gasteiger partial charge in [-0.05, 0) is 5.92 Å². The Morgan fingerprint density at radius 3 is 2.56 bits per heavy atom. The summed E-state index contributed by atoms with van der Waals surface area (Å²) in [5, 5.41) is 39.1. The molecule has 0 spiro atoms. The fraction of sp³-hybridized carbons (Fsp3) is 0.765. The van der Waals surface area contributed by atoms with Crippen molar-refractivity contribution in [2.45, 2.75) is 50.3 Å². The van der Waals surface area contributed by atoms with Gasteiger partial charge in [-0.2, -0.15) is 0 Å². The number of Topliss-reactive ketones (excluding diaryl/α,β-unsaturated/α-hetero) is 1. The van der Waals surface area contributed by atoms with Gasteiger partial charge in [0.2, 0.25) is 6.29 Å². The van der Waals surface area contributed by atoms with Gasteiger partial charge in [0.05, 0.1) is 31.5 Å². The maximum absolute atomic E-state index is 12.4. The minimum atomic E-state index is -1.59. The van der Waals surface area contributed by atoms with Crippen molar-refractivity contribution in [3.63, 3.8) is 0 Å². The van der Waals surface area contributed by atoms with E-state index < -0.39 is 61.4 Å². The summed E-state index contributed by atoms with van der Waals surface area (Å²) < 4.78 is 21.2. The van der Waals surface area contributed by atoms with Crippen LogP contribution >= 0.6 is 0 Å². The molecule has 2 fully saturated rings. The molecule has 2 aliphatic heterocycles. The van der Waals surface area contributed by atoms with E-state index >= 15 is 0 Å². The summed E-state index contributed by atoms with van der Waals surface area (Å²) in [5.41, 5.74) is 0.102. The Hall–Kier alpha value is -1.56. The second kappa shape index (κ2) is 7.82. The molecule has 152 valence electrons. The van der Waals surface area contributed by atoms with Gasteiger partial charge in [-0.3, -0.25) is 4.79 Å². The Bertz CT molecular complexity index is 617. The zero-order chi connectivity index (χ0) is 19.9. The third-order valence-corrected chi connectivity index (χ3v) is 5.43.